The minimum Gasteiger partial charge on any atom is -0.293 e. The average molecular weight is 1450 g/mol. The SMILES string of the molecule is N#CN=C1NC(=O)C(N=Nc2ccc(N=Nc3ccc(C=Cc4ccc(N=[N+](O)c5ccc(C=Cc6ccc(N=Nc7ccc(N=NC8C(=O)NC(=NC#N)NC8=O)c(S(=O)(=O)O)c7)cc6S(=O)(=O)O)c(S(=O)(=O)O)c5)cc4S(=O)(=O)O)c(S(=O)(=O)O)c3)cc2S(=O)(=O)O)C(=O)N1. The zero-order valence-electron chi connectivity index (χ0n) is 47.2. The maximum atomic E-state index is 12.7. The fourth-order valence-corrected chi connectivity index (χ4v) is 12.1. The number of carbonyl (C=O) groups is 4. The summed E-state index contributed by atoms with van der Waals surface area (Å²) in [4.78, 5) is 50.0. The van der Waals surface area contributed by atoms with Gasteiger partial charge in [-0.2, -0.15) is 102 Å². The first-order valence-corrected chi connectivity index (χ1v) is 34.0. The number of nitrogens with one attached hydrogen (secondary N) is 4. The summed E-state index contributed by atoms with van der Waals surface area (Å²) < 4.78 is 211. The number of benzene rings is 6. The largest absolute Gasteiger partial charge is 0.296 e. The number of hydrogen-bond donors (Lipinski definition) is 11. The van der Waals surface area contributed by atoms with Crippen LogP contribution in [0.4, 0.5) is 45.5 Å². The van der Waals surface area contributed by atoms with Crippen LogP contribution in [0.15, 0.2) is 195 Å². The van der Waals surface area contributed by atoms with Crippen molar-refractivity contribution < 1.29 is 107 Å². The molecule has 6 aromatic rings. The molecule has 0 bridgehead atoms. The van der Waals surface area contributed by atoms with Crippen molar-refractivity contribution in [1.29, 1.82) is 10.5 Å². The lowest BCUT2D eigenvalue weighted by atomic mass is 10.1. The number of guanidine groups is 2. The van der Waals surface area contributed by atoms with E-state index in [-0.39, 0.29) is 44.3 Å². The van der Waals surface area contributed by atoms with Gasteiger partial charge in [0.25, 0.3) is 90.0 Å². The van der Waals surface area contributed by atoms with Crippen LogP contribution in [0.2, 0.25) is 0 Å². The fourth-order valence-electron chi connectivity index (χ4n) is 8.02. The summed E-state index contributed by atoms with van der Waals surface area (Å²) in [7, 11) is -31.1. The zero-order chi connectivity index (χ0) is 71.2. The molecule has 11 N–H and O–H groups in total. The minimum absolute atomic E-state index is 0.0000448. The lowest BCUT2D eigenvalue weighted by molar-refractivity contribution is -0.761. The van der Waals surface area contributed by atoms with Crippen LogP contribution in [-0.2, 0) is 79.9 Å². The predicted octanol–water partition coefficient (Wildman–Crippen LogP) is 5.23. The van der Waals surface area contributed by atoms with E-state index in [0.717, 1.165) is 121 Å². The first-order chi connectivity index (χ1) is 45.3. The molecule has 47 heteroatoms. The standard InChI is InChI=1S/C50H34N18O23S6/c51-23-53-49-55-45(69)43(46(70)56-49)65-63-35-15-12-31(19-41(35)96(86,87)88)61-59-29-9-5-25(37(17-29)92(74,75)76)1-2-27-7-11-33(21-39(27)94(80,81)82)67-68(73)34-14-8-28(40(22-34)95(83,84)85)4-3-26-6-10-30(18-38(26)93(77,78)79)60-62-32-13-16-36(42(20-32)97(89,90)91)64-66-44-47(71)57-50(54-24-52)58-48(44)72/h1-22,43-44H,(H10-,53,54,55,56,57,58,61,65,67,69,70,71,72,73,74,75,76,77,78,79,80,81,82,83,84,85,86,87,88,89,90,91)/p+1. The molecule has 4 amide bonds. The molecule has 2 heterocycles. The van der Waals surface area contributed by atoms with Crippen LogP contribution in [0.1, 0.15) is 22.3 Å². The molecule has 498 valence electrons. The lowest BCUT2D eigenvalue weighted by Crippen LogP contribution is -2.58. The third kappa shape index (κ3) is 17.9. The van der Waals surface area contributed by atoms with Crippen LogP contribution in [0.5, 0.6) is 0 Å². The van der Waals surface area contributed by atoms with Crippen molar-refractivity contribution in [2.45, 2.75) is 41.5 Å². The van der Waals surface area contributed by atoms with Gasteiger partial charge in [0.1, 0.15) is 51.3 Å². The first-order valence-electron chi connectivity index (χ1n) is 25.4. The monoisotopic (exact) mass is 1450 g/mol. The second-order valence-corrected chi connectivity index (χ2v) is 27.2. The Kier molecular flexibility index (Phi) is 20.6. The van der Waals surface area contributed by atoms with Crippen molar-refractivity contribution in [3.05, 3.63) is 131 Å². The van der Waals surface area contributed by atoms with E-state index in [1.165, 1.54) is 12.4 Å². The van der Waals surface area contributed by atoms with E-state index in [9.17, 15) is 102 Å². The van der Waals surface area contributed by atoms with E-state index in [4.69, 9.17) is 10.5 Å². The number of nitriles is 2. The lowest BCUT2D eigenvalue weighted by Gasteiger charge is -2.18. The molecular weight excluding hydrogens is 1410 g/mol. The smallest absolute Gasteiger partial charge is 0.293 e. The van der Waals surface area contributed by atoms with Gasteiger partial charge in [-0.25, -0.2) is 0 Å². The van der Waals surface area contributed by atoms with Gasteiger partial charge in [-0.15, -0.1) is 9.98 Å². The van der Waals surface area contributed by atoms with E-state index in [2.05, 4.69) is 77.3 Å². The molecule has 2 saturated heterocycles. The molecular formula is C50H35N18O23S6+. The van der Waals surface area contributed by atoms with Gasteiger partial charge in [-0.05, 0) is 101 Å². The highest BCUT2D eigenvalue weighted by molar-refractivity contribution is 7.87. The van der Waals surface area contributed by atoms with Gasteiger partial charge in [0.15, 0.2) is 0 Å². The first kappa shape index (κ1) is 71.1. The summed E-state index contributed by atoms with van der Waals surface area (Å²) >= 11 is 0. The summed E-state index contributed by atoms with van der Waals surface area (Å²) in [5, 5.41) is 69.6. The Morgan fingerprint density at radius 1 is 0.371 bits per heavy atom. The molecule has 2 fully saturated rings. The summed E-state index contributed by atoms with van der Waals surface area (Å²) in [5.74, 6) is -5.42. The van der Waals surface area contributed by atoms with Crippen molar-refractivity contribution >= 4 is 166 Å². The van der Waals surface area contributed by atoms with Crippen molar-refractivity contribution in [3.63, 3.8) is 0 Å². The number of carbonyl (C=O) groups excluding carboxylic acids is 4. The van der Waals surface area contributed by atoms with Crippen molar-refractivity contribution in [3.8, 4) is 12.4 Å². The Morgan fingerprint density at radius 3 is 0.948 bits per heavy atom. The number of rotatable bonds is 20. The molecule has 0 radical (unpaired) electrons. The maximum Gasteiger partial charge on any atom is 0.296 e. The molecule has 6 aromatic carbocycles. The molecule has 0 aliphatic carbocycles. The highest BCUT2D eigenvalue weighted by Gasteiger charge is 2.36. The summed E-state index contributed by atoms with van der Waals surface area (Å²) in [6, 6.07) is 12.8. The van der Waals surface area contributed by atoms with Gasteiger partial charge in [-0.3, -0.25) is 73.0 Å². The van der Waals surface area contributed by atoms with Gasteiger partial charge in [0.2, 0.25) is 36.4 Å². The number of amides is 4. The molecule has 0 aromatic heterocycles. The molecule has 0 spiro atoms. The fraction of sp³-hybridized carbons (Fsp3) is 0.0400. The Balaban J connectivity index is 1.00. The molecule has 97 heavy (non-hydrogen) atoms. The Hall–Kier alpha value is -11.7. The molecule has 0 unspecified atom stereocenters. The number of azo groups is 5. The van der Waals surface area contributed by atoms with E-state index >= 15 is 0 Å². The maximum absolute atomic E-state index is 12.7. The van der Waals surface area contributed by atoms with E-state index in [1.54, 1.807) is 0 Å². The topological polar surface area (TPSA) is 649 Å². The van der Waals surface area contributed by atoms with Crippen LogP contribution in [0.25, 0.3) is 24.3 Å². The molecule has 8 rings (SSSR count). The second kappa shape index (κ2) is 28.1. The van der Waals surface area contributed by atoms with Crippen LogP contribution in [0, 0.1) is 22.9 Å². The molecule has 2 aliphatic heterocycles. The second-order valence-electron chi connectivity index (χ2n) is 18.8. The van der Waals surface area contributed by atoms with Gasteiger partial charge in [0.05, 0.1) is 27.9 Å². The zero-order valence-corrected chi connectivity index (χ0v) is 52.1. The third-order valence-electron chi connectivity index (χ3n) is 12.3. The van der Waals surface area contributed by atoms with Crippen LogP contribution < -0.4 is 21.3 Å². The van der Waals surface area contributed by atoms with Gasteiger partial charge in [0, 0.05) is 12.1 Å². The number of nitrogens with zero attached hydrogens (tertiary/aromatic N) is 14. The van der Waals surface area contributed by atoms with Gasteiger partial charge in [-0.1, -0.05) is 42.5 Å². The van der Waals surface area contributed by atoms with E-state index in [1.807, 2.05) is 0 Å². The predicted molar refractivity (Wildman–Crippen MR) is 323 cm³/mol. The van der Waals surface area contributed by atoms with Gasteiger partial charge < -0.3 is 0 Å². The Morgan fingerprint density at radius 2 is 0.639 bits per heavy atom. The van der Waals surface area contributed by atoms with Crippen LogP contribution in [-0.4, -0.2) is 136 Å². The average Bonchev–Trinajstić information content (AvgIpc) is 0.813. The van der Waals surface area contributed by atoms with Gasteiger partial charge >= 0.3 is 0 Å². The number of aliphatic imine (C=N–C) groups is 2. The van der Waals surface area contributed by atoms with E-state index < -0.39 is 166 Å². The van der Waals surface area contributed by atoms with Crippen molar-refractivity contribution in [2.75, 3.05) is 0 Å². The highest BCUT2D eigenvalue weighted by Crippen LogP contribution is 2.35. The minimum atomic E-state index is -5.26. The molecule has 2 aliphatic rings. The Labute approximate surface area is 543 Å². The quantitative estimate of drug-likeness (QED) is 0.00886. The van der Waals surface area contributed by atoms with Crippen LogP contribution in [0.3, 0.4) is 0 Å². The summed E-state index contributed by atoms with van der Waals surface area (Å²) in [6.45, 7) is 0. The highest BCUT2D eigenvalue weighted by atomic mass is 32.2. The molecule has 41 nitrogen and oxygen atoms in total. The van der Waals surface area contributed by atoms with Crippen molar-refractivity contribution in [2.24, 2.45) is 56.0 Å². The van der Waals surface area contributed by atoms with Crippen molar-refractivity contribution in [1.82, 2.24) is 21.3 Å². The van der Waals surface area contributed by atoms with E-state index in [0.29, 0.717) is 12.1 Å². The third-order valence-corrected chi connectivity index (χ3v) is 17.7. The summed E-state index contributed by atoms with van der Waals surface area (Å²) in [6.07, 6.45) is 6.47. The normalized spacial score (nSPS) is 16.2. The molecule has 0 atom stereocenters. The molecule has 0 saturated carbocycles. The van der Waals surface area contributed by atoms with Crippen LogP contribution >= 0.6 is 0 Å². The summed E-state index contributed by atoms with van der Waals surface area (Å²) in [5.41, 5.74) is -4.99. The Bertz CT molecular complexity index is 5470. The number of hydrogen-bond acceptors (Lipinski definition) is 29.